The van der Waals surface area contributed by atoms with E-state index in [9.17, 15) is 0 Å². The minimum Gasteiger partial charge on any atom is -0.339 e. The molecule has 86 valence electrons. The molecule has 2 atom stereocenters. The lowest BCUT2D eigenvalue weighted by molar-refractivity contribution is 0.346. The zero-order valence-electron chi connectivity index (χ0n) is 9.86. The predicted molar refractivity (Wildman–Crippen MR) is 59.7 cm³/mol. The first kappa shape index (κ1) is 12.2. The van der Waals surface area contributed by atoms with Crippen LogP contribution in [-0.4, -0.2) is 16.7 Å². The minimum absolute atomic E-state index is 0.318. The van der Waals surface area contributed by atoms with Crippen molar-refractivity contribution in [3.05, 3.63) is 11.7 Å². The molecule has 0 aliphatic heterocycles. The van der Waals surface area contributed by atoms with Gasteiger partial charge in [0.15, 0.2) is 5.82 Å². The van der Waals surface area contributed by atoms with Crippen LogP contribution in [0.1, 0.15) is 63.6 Å². The summed E-state index contributed by atoms with van der Waals surface area (Å²) < 4.78 is 5.24. The average Bonchev–Trinajstić information content (AvgIpc) is 2.74. The van der Waals surface area contributed by atoms with E-state index in [2.05, 4.69) is 30.9 Å². The maximum Gasteiger partial charge on any atom is 0.229 e. The van der Waals surface area contributed by atoms with Gasteiger partial charge in [-0.1, -0.05) is 25.9 Å². The maximum atomic E-state index is 5.46. The molecular weight excluding hydrogens is 190 g/mol. The summed E-state index contributed by atoms with van der Waals surface area (Å²) in [6, 6.07) is 0. The molecule has 0 radical (unpaired) electrons. The van der Waals surface area contributed by atoms with Crippen LogP contribution in [-0.2, 0) is 0 Å². The highest BCUT2D eigenvalue weighted by Gasteiger charge is 2.16. The van der Waals surface area contributed by atoms with E-state index in [0.29, 0.717) is 11.8 Å². The molecule has 0 saturated carbocycles. The van der Waals surface area contributed by atoms with Crippen molar-refractivity contribution in [1.82, 2.24) is 10.1 Å². The number of rotatable bonds is 6. The smallest absolute Gasteiger partial charge is 0.229 e. The Hall–Kier alpha value is -0.900. The van der Waals surface area contributed by atoms with Gasteiger partial charge in [-0.25, -0.2) is 0 Å². The Balaban J connectivity index is 2.58. The van der Waals surface area contributed by atoms with E-state index in [4.69, 9.17) is 10.3 Å². The van der Waals surface area contributed by atoms with Gasteiger partial charge < -0.3 is 10.3 Å². The van der Waals surface area contributed by atoms with Crippen molar-refractivity contribution in [1.29, 1.82) is 0 Å². The van der Waals surface area contributed by atoms with Crippen LogP contribution < -0.4 is 5.73 Å². The molecule has 1 aromatic heterocycles. The zero-order valence-corrected chi connectivity index (χ0v) is 9.86. The van der Waals surface area contributed by atoms with Crippen molar-refractivity contribution in [2.75, 3.05) is 6.54 Å². The topological polar surface area (TPSA) is 64.9 Å². The number of aromatic nitrogens is 2. The summed E-state index contributed by atoms with van der Waals surface area (Å²) in [5.74, 6) is 2.27. The normalized spacial score (nSPS) is 15.2. The van der Waals surface area contributed by atoms with Crippen molar-refractivity contribution in [2.24, 2.45) is 5.73 Å². The summed E-state index contributed by atoms with van der Waals surface area (Å²) in [5, 5.41) is 4.00. The van der Waals surface area contributed by atoms with Gasteiger partial charge in [0, 0.05) is 11.8 Å². The van der Waals surface area contributed by atoms with E-state index < -0.39 is 0 Å². The van der Waals surface area contributed by atoms with Gasteiger partial charge in [-0.3, -0.25) is 0 Å². The standard InChI is InChI=1S/C11H21N3O/c1-4-8(2)10-13-11(15-14-10)9(3)6-5-7-12/h8-9H,4-7,12H2,1-3H3. The lowest BCUT2D eigenvalue weighted by Crippen LogP contribution is -2.02. The van der Waals surface area contributed by atoms with Crippen molar-refractivity contribution in [2.45, 2.75) is 51.9 Å². The van der Waals surface area contributed by atoms with E-state index in [0.717, 1.165) is 37.5 Å². The third-order valence-electron chi connectivity index (χ3n) is 2.77. The number of nitrogens with zero attached hydrogens (tertiary/aromatic N) is 2. The van der Waals surface area contributed by atoms with Crippen molar-refractivity contribution in [3.63, 3.8) is 0 Å². The molecule has 0 bridgehead atoms. The van der Waals surface area contributed by atoms with Crippen LogP contribution >= 0.6 is 0 Å². The van der Waals surface area contributed by atoms with E-state index in [1.165, 1.54) is 0 Å². The molecule has 0 aliphatic carbocycles. The molecule has 1 heterocycles. The van der Waals surface area contributed by atoms with E-state index in [1.807, 2.05) is 0 Å². The minimum atomic E-state index is 0.318. The molecule has 4 nitrogen and oxygen atoms in total. The predicted octanol–water partition coefficient (Wildman–Crippen LogP) is 2.43. The van der Waals surface area contributed by atoms with Crippen molar-refractivity contribution >= 4 is 0 Å². The highest BCUT2D eigenvalue weighted by Crippen LogP contribution is 2.21. The lowest BCUT2D eigenvalue weighted by Gasteiger charge is -2.04. The molecule has 1 rings (SSSR count). The zero-order chi connectivity index (χ0) is 11.3. The summed E-state index contributed by atoms with van der Waals surface area (Å²) in [5.41, 5.74) is 5.46. The molecular formula is C11H21N3O. The summed E-state index contributed by atoms with van der Waals surface area (Å²) in [6.45, 7) is 7.05. The van der Waals surface area contributed by atoms with Crippen LogP contribution in [0.15, 0.2) is 4.52 Å². The molecule has 4 heteroatoms. The Labute approximate surface area is 91.2 Å². The second-order valence-electron chi connectivity index (χ2n) is 4.13. The van der Waals surface area contributed by atoms with Crippen LogP contribution in [0.4, 0.5) is 0 Å². The van der Waals surface area contributed by atoms with Gasteiger partial charge >= 0.3 is 0 Å². The lowest BCUT2D eigenvalue weighted by atomic mass is 10.1. The maximum absolute atomic E-state index is 5.46. The second-order valence-corrected chi connectivity index (χ2v) is 4.13. The number of hydrogen-bond donors (Lipinski definition) is 1. The summed E-state index contributed by atoms with van der Waals surface area (Å²) in [4.78, 5) is 4.42. The van der Waals surface area contributed by atoms with E-state index in [-0.39, 0.29) is 0 Å². The van der Waals surface area contributed by atoms with Gasteiger partial charge in [-0.15, -0.1) is 0 Å². The first-order valence-corrected chi connectivity index (χ1v) is 5.72. The number of hydrogen-bond acceptors (Lipinski definition) is 4. The van der Waals surface area contributed by atoms with Crippen molar-refractivity contribution in [3.8, 4) is 0 Å². The molecule has 0 saturated heterocycles. The molecule has 0 amide bonds. The Morgan fingerprint density at radius 3 is 2.67 bits per heavy atom. The third kappa shape index (κ3) is 3.30. The highest BCUT2D eigenvalue weighted by molar-refractivity contribution is 4.96. The summed E-state index contributed by atoms with van der Waals surface area (Å²) in [6.07, 6.45) is 3.05. The van der Waals surface area contributed by atoms with E-state index in [1.54, 1.807) is 0 Å². The van der Waals surface area contributed by atoms with Gasteiger partial charge in [-0.05, 0) is 25.8 Å². The van der Waals surface area contributed by atoms with E-state index >= 15 is 0 Å². The SMILES string of the molecule is CCC(C)c1noc(C(C)CCCN)n1. The average molecular weight is 211 g/mol. The van der Waals surface area contributed by atoms with Crippen LogP contribution in [0.25, 0.3) is 0 Å². The fourth-order valence-electron chi connectivity index (χ4n) is 1.38. The fourth-order valence-corrected chi connectivity index (χ4v) is 1.38. The highest BCUT2D eigenvalue weighted by atomic mass is 16.5. The van der Waals surface area contributed by atoms with Gasteiger partial charge in [0.2, 0.25) is 5.89 Å². The van der Waals surface area contributed by atoms with Crippen LogP contribution in [0, 0.1) is 0 Å². The Morgan fingerprint density at radius 1 is 1.33 bits per heavy atom. The molecule has 1 aromatic rings. The largest absolute Gasteiger partial charge is 0.339 e. The molecule has 2 N–H and O–H groups in total. The first-order chi connectivity index (χ1) is 7.19. The molecule has 0 fully saturated rings. The Kier molecular flexibility index (Phi) is 4.75. The van der Waals surface area contributed by atoms with Crippen LogP contribution in [0.2, 0.25) is 0 Å². The molecule has 0 aliphatic rings. The molecule has 0 spiro atoms. The summed E-state index contributed by atoms with van der Waals surface area (Å²) in [7, 11) is 0. The molecule has 2 unspecified atom stereocenters. The fraction of sp³-hybridized carbons (Fsp3) is 0.818. The molecule has 15 heavy (non-hydrogen) atoms. The van der Waals surface area contributed by atoms with Crippen LogP contribution in [0.5, 0.6) is 0 Å². The summed E-state index contributed by atoms with van der Waals surface area (Å²) >= 11 is 0. The van der Waals surface area contributed by atoms with Gasteiger partial charge in [0.25, 0.3) is 0 Å². The second kappa shape index (κ2) is 5.85. The third-order valence-corrected chi connectivity index (χ3v) is 2.77. The van der Waals surface area contributed by atoms with Crippen molar-refractivity contribution < 1.29 is 4.52 Å². The van der Waals surface area contributed by atoms with Crippen LogP contribution in [0.3, 0.4) is 0 Å². The number of nitrogens with two attached hydrogens (primary N) is 1. The monoisotopic (exact) mass is 211 g/mol. The van der Waals surface area contributed by atoms with Gasteiger partial charge in [0.1, 0.15) is 0 Å². The Bertz CT molecular complexity index is 285. The van der Waals surface area contributed by atoms with Gasteiger partial charge in [-0.2, -0.15) is 4.98 Å². The quantitative estimate of drug-likeness (QED) is 0.784. The molecule has 0 aromatic carbocycles. The first-order valence-electron chi connectivity index (χ1n) is 5.72. The Morgan fingerprint density at radius 2 is 2.07 bits per heavy atom. The van der Waals surface area contributed by atoms with Gasteiger partial charge in [0.05, 0.1) is 0 Å².